The van der Waals surface area contributed by atoms with Crippen LogP contribution in [0.5, 0.6) is 0 Å². The van der Waals surface area contributed by atoms with Crippen molar-refractivity contribution >= 4 is 33.6 Å². The molecule has 2 aromatic rings. The zero-order valence-corrected chi connectivity index (χ0v) is 14.2. The molecular weight excluding hydrogens is 351 g/mol. The van der Waals surface area contributed by atoms with Crippen molar-refractivity contribution in [3.05, 3.63) is 59.9 Å². The Bertz CT molecular complexity index is 871. The summed E-state index contributed by atoms with van der Waals surface area (Å²) in [7, 11) is -3.96. The van der Waals surface area contributed by atoms with Gasteiger partial charge in [-0.1, -0.05) is 30.3 Å². The minimum atomic E-state index is -3.96. The molecule has 1 amide bonds. The van der Waals surface area contributed by atoms with Crippen LogP contribution in [0.15, 0.2) is 53.4 Å². The lowest BCUT2D eigenvalue weighted by Gasteiger charge is -2.19. The summed E-state index contributed by atoms with van der Waals surface area (Å²) in [5.74, 6) is -1.31. The smallest absolute Gasteiger partial charge is 0.273 e. The van der Waals surface area contributed by atoms with Crippen LogP contribution >= 0.6 is 11.8 Å². The van der Waals surface area contributed by atoms with Crippen LogP contribution in [-0.2, 0) is 21.4 Å². The number of para-hydroxylation sites is 1. The molecule has 0 saturated heterocycles. The number of thioether (sulfide) groups is 1. The van der Waals surface area contributed by atoms with Gasteiger partial charge in [-0.3, -0.25) is 9.10 Å². The second-order valence-corrected chi connectivity index (χ2v) is 7.81. The van der Waals surface area contributed by atoms with Crippen molar-refractivity contribution < 1.29 is 17.6 Å². The van der Waals surface area contributed by atoms with Gasteiger partial charge in [-0.25, -0.2) is 9.11 Å². The lowest BCUT2D eigenvalue weighted by molar-refractivity contribution is -0.116. The molecule has 0 aromatic heterocycles. The molecule has 0 bridgehead atoms. The van der Waals surface area contributed by atoms with Gasteiger partial charge in [-0.05, 0) is 30.2 Å². The van der Waals surface area contributed by atoms with Crippen molar-refractivity contribution in [1.82, 2.24) is 4.72 Å². The Balaban J connectivity index is 1.65. The Morgan fingerprint density at radius 2 is 1.88 bits per heavy atom. The van der Waals surface area contributed by atoms with Gasteiger partial charge in [0.1, 0.15) is 5.82 Å². The number of hydrogen-bond donors (Lipinski definition) is 1. The van der Waals surface area contributed by atoms with E-state index in [-0.39, 0.29) is 5.75 Å². The van der Waals surface area contributed by atoms with Gasteiger partial charge in [-0.15, -0.1) is 11.8 Å². The Morgan fingerprint density at radius 1 is 1.17 bits per heavy atom. The molecule has 3 rings (SSSR count). The molecule has 0 aliphatic carbocycles. The number of rotatable bonds is 5. The molecule has 1 aliphatic heterocycles. The summed E-state index contributed by atoms with van der Waals surface area (Å²) < 4.78 is 41.5. The molecule has 126 valence electrons. The monoisotopic (exact) mass is 366 g/mol. The highest BCUT2D eigenvalue weighted by Gasteiger charge is 2.30. The molecule has 1 aliphatic rings. The van der Waals surface area contributed by atoms with Gasteiger partial charge in [0.25, 0.3) is 0 Å². The highest BCUT2D eigenvalue weighted by molar-refractivity contribution is 8.00. The van der Waals surface area contributed by atoms with E-state index in [1.54, 1.807) is 30.3 Å². The van der Waals surface area contributed by atoms with Crippen molar-refractivity contribution in [1.29, 1.82) is 0 Å². The predicted molar refractivity (Wildman–Crippen MR) is 91.7 cm³/mol. The van der Waals surface area contributed by atoms with Gasteiger partial charge < -0.3 is 0 Å². The predicted octanol–water partition coefficient (Wildman–Crippen LogP) is 2.34. The molecule has 0 fully saturated rings. The number of hydrogen-bond acceptors (Lipinski definition) is 4. The molecule has 8 heteroatoms. The van der Waals surface area contributed by atoms with Gasteiger partial charge >= 0.3 is 10.2 Å². The highest BCUT2D eigenvalue weighted by Crippen LogP contribution is 2.29. The largest absolute Gasteiger partial charge is 0.326 e. The maximum atomic E-state index is 13.5. The average Bonchev–Trinajstić information content (AvgIpc) is 2.98. The molecule has 0 unspecified atom stereocenters. The van der Waals surface area contributed by atoms with Crippen molar-refractivity contribution in [2.45, 2.75) is 11.3 Å². The van der Waals surface area contributed by atoms with Crippen LogP contribution in [0.2, 0.25) is 0 Å². The molecule has 2 aromatic carbocycles. The molecule has 0 atom stereocenters. The van der Waals surface area contributed by atoms with E-state index in [0.717, 1.165) is 17.3 Å². The van der Waals surface area contributed by atoms with Crippen LogP contribution in [0.25, 0.3) is 0 Å². The van der Waals surface area contributed by atoms with E-state index in [2.05, 4.69) is 0 Å². The van der Waals surface area contributed by atoms with Crippen LogP contribution in [-0.4, -0.2) is 26.6 Å². The lowest BCUT2D eigenvalue weighted by atomic mass is 10.2. The van der Waals surface area contributed by atoms with Crippen molar-refractivity contribution in [2.75, 3.05) is 16.6 Å². The molecule has 24 heavy (non-hydrogen) atoms. The van der Waals surface area contributed by atoms with Crippen LogP contribution in [0, 0.1) is 5.82 Å². The molecule has 0 radical (unpaired) electrons. The Hall–Kier alpha value is -2.06. The number of nitrogens with one attached hydrogen (secondary N) is 1. The van der Waals surface area contributed by atoms with Crippen LogP contribution in [0.1, 0.15) is 5.56 Å². The van der Waals surface area contributed by atoms with E-state index in [1.165, 1.54) is 10.4 Å². The van der Waals surface area contributed by atoms with E-state index in [1.807, 2.05) is 16.9 Å². The standard InChI is InChI=1S/C16H15FN2O3S2/c17-13-6-2-4-8-15(13)23-11-16(20)18-24(21,22)19-10-9-12-5-1-3-7-14(12)19/h1-8H,9-11H2,(H,18,20). The zero-order chi connectivity index (χ0) is 17.2. The van der Waals surface area contributed by atoms with Crippen molar-refractivity contribution in [2.24, 2.45) is 0 Å². The maximum Gasteiger partial charge on any atom is 0.326 e. The van der Waals surface area contributed by atoms with Gasteiger partial charge in [0.15, 0.2) is 0 Å². The van der Waals surface area contributed by atoms with Crippen molar-refractivity contribution in [3.8, 4) is 0 Å². The van der Waals surface area contributed by atoms with Crippen molar-refractivity contribution in [3.63, 3.8) is 0 Å². The summed E-state index contributed by atoms with van der Waals surface area (Å²) in [5.41, 5.74) is 1.51. The Kier molecular flexibility index (Phi) is 4.77. The first-order chi connectivity index (χ1) is 11.5. The minimum Gasteiger partial charge on any atom is -0.273 e. The van der Waals surface area contributed by atoms with Crippen LogP contribution in [0.4, 0.5) is 10.1 Å². The number of carbonyl (C=O) groups is 1. The second kappa shape index (κ2) is 6.82. The third kappa shape index (κ3) is 3.54. The summed E-state index contributed by atoms with van der Waals surface area (Å²) in [6.07, 6.45) is 0.606. The molecule has 5 nitrogen and oxygen atoms in total. The number of anilines is 1. The fourth-order valence-corrected chi connectivity index (χ4v) is 4.56. The summed E-state index contributed by atoms with van der Waals surface area (Å²) >= 11 is 0.954. The summed E-state index contributed by atoms with van der Waals surface area (Å²) in [5, 5.41) is 0. The number of halogens is 1. The van der Waals surface area contributed by atoms with Gasteiger partial charge in [0.05, 0.1) is 11.4 Å². The summed E-state index contributed by atoms with van der Waals surface area (Å²) in [6.45, 7) is 0.294. The van der Waals surface area contributed by atoms with E-state index >= 15 is 0 Å². The lowest BCUT2D eigenvalue weighted by Crippen LogP contribution is -2.43. The fraction of sp³-hybridized carbons (Fsp3) is 0.188. The maximum absolute atomic E-state index is 13.5. The second-order valence-electron chi connectivity index (χ2n) is 5.20. The number of amides is 1. The number of fused-ring (bicyclic) bond motifs is 1. The topological polar surface area (TPSA) is 66.5 Å². The fourth-order valence-electron chi connectivity index (χ4n) is 2.49. The first kappa shape index (κ1) is 16.8. The molecule has 0 saturated carbocycles. The Morgan fingerprint density at radius 3 is 2.67 bits per heavy atom. The van der Waals surface area contributed by atoms with Crippen LogP contribution in [0.3, 0.4) is 0 Å². The Labute approximate surface area is 144 Å². The first-order valence-corrected chi connectivity index (χ1v) is 9.68. The SMILES string of the molecule is O=C(CSc1ccccc1F)NS(=O)(=O)N1CCc2ccccc21. The highest BCUT2D eigenvalue weighted by atomic mass is 32.2. The molecular formula is C16H15FN2O3S2. The summed E-state index contributed by atoms with van der Waals surface area (Å²) in [6, 6.07) is 13.2. The van der Waals surface area contributed by atoms with E-state index in [4.69, 9.17) is 0 Å². The third-order valence-electron chi connectivity index (χ3n) is 3.57. The molecule has 1 heterocycles. The summed E-state index contributed by atoms with van der Waals surface area (Å²) in [4.78, 5) is 12.3. The van der Waals surface area contributed by atoms with Gasteiger partial charge in [0, 0.05) is 11.4 Å². The molecule has 1 N–H and O–H groups in total. The average molecular weight is 366 g/mol. The number of nitrogens with zero attached hydrogens (tertiary/aromatic N) is 1. The van der Waals surface area contributed by atoms with Gasteiger partial charge in [-0.2, -0.15) is 8.42 Å². The minimum absolute atomic E-state index is 0.185. The normalized spacial score (nSPS) is 13.6. The van der Waals surface area contributed by atoms with E-state index in [9.17, 15) is 17.6 Å². The third-order valence-corrected chi connectivity index (χ3v) is 6.07. The number of benzene rings is 2. The quantitative estimate of drug-likeness (QED) is 0.825. The van der Waals surface area contributed by atoms with Crippen LogP contribution < -0.4 is 9.03 Å². The zero-order valence-electron chi connectivity index (χ0n) is 12.6. The van der Waals surface area contributed by atoms with Gasteiger partial charge in [0.2, 0.25) is 5.91 Å². The van der Waals surface area contributed by atoms with E-state index in [0.29, 0.717) is 23.5 Å². The number of carbonyl (C=O) groups excluding carboxylic acids is 1. The first-order valence-electron chi connectivity index (χ1n) is 7.26. The molecule has 0 spiro atoms. The van der Waals surface area contributed by atoms with E-state index < -0.39 is 21.9 Å².